The predicted octanol–water partition coefficient (Wildman–Crippen LogP) is 5.38. The maximum Gasteiger partial charge on any atom is 0.224 e. The molecule has 2 rings (SSSR count). The molecule has 0 N–H and O–H groups in total. The fourth-order valence-corrected chi connectivity index (χ4v) is 3.12. The standard InChI is InChI=1S/C23H31NO3/c1-2-3-4-5-6-7-8-12-15-24-17-23(22(26)16-21(24)18-25)27-19-20-13-10-9-11-14-20/h9-11,13-14,16-18H,2-8,12,15,19H2,1H3. The van der Waals surface area contributed by atoms with Gasteiger partial charge in [0, 0.05) is 12.6 Å². The minimum atomic E-state index is -0.250. The molecule has 0 saturated heterocycles. The molecule has 2 aromatic rings. The second-order valence-electron chi connectivity index (χ2n) is 6.99. The fourth-order valence-electron chi connectivity index (χ4n) is 3.12. The van der Waals surface area contributed by atoms with E-state index in [0.29, 0.717) is 18.1 Å². The Hall–Kier alpha value is -2.36. The quantitative estimate of drug-likeness (QED) is 0.352. The van der Waals surface area contributed by atoms with Crippen LogP contribution in [0.15, 0.2) is 47.4 Å². The number of aromatic nitrogens is 1. The molecule has 0 aliphatic heterocycles. The summed E-state index contributed by atoms with van der Waals surface area (Å²) in [6.45, 7) is 3.30. The Balaban J connectivity index is 1.87. The highest BCUT2D eigenvalue weighted by molar-refractivity contribution is 5.72. The topological polar surface area (TPSA) is 48.3 Å². The molecule has 0 amide bonds. The highest BCUT2D eigenvalue weighted by atomic mass is 16.5. The number of ether oxygens (including phenoxy) is 1. The Labute approximate surface area is 162 Å². The zero-order valence-corrected chi connectivity index (χ0v) is 16.4. The molecule has 1 aromatic carbocycles. The molecule has 0 aliphatic rings. The molecule has 0 spiro atoms. The summed E-state index contributed by atoms with van der Waals surface area (Å²) in [6.07, 6.45) is 12.3. The fraction of sp³-hybridized carbons (Fsp3) is 0.478. The summed E-state index contributed by atoms with van der Waals surface area (Å²) in [6, 6.07) is 11.1. The van der Waals surface area contributed by atoms with Crippen LogP contribution >= 0.6 is 0 Å². The number of hydrogen-bond donors (Lipinski definition) is 0. The van der Waals surface area contributed by atoms with Crippen LogP contribution in [0, 0.1) is 0 Å². The van der Waals surface area contributed by atoms with Crippen molar-refractivity contribution >= 4 is 6.29 Å². The van der Waals surface area contributed by atoms with Gasteiger partial charge in [0.05, 0.1) is 11.9 Å². The van der Waals surface area contributed by atoms with E-state index in [2.05, 4.69) is 6.92 Å². The minimum absolute atomic E-state index is 0.250. The van der Waals surface area contributed by atoms with Crippen molar-refractivity contribution in [3.63, 3.8) is 0 Å². The first-order valence-electron chi connectivity index (χ1n) is 10.1. The Kier molecular flexibility index (Phi) is 9.39. The van der Waals surface area contributed by atoms with Crippen LogP contribution in [0.25, 0.3) is 0 Å². The van der Waals surface area contributed by atoms with Crippen LogP contribution in [-0.4, -0.2) is 10.9 Å². The molecule has 0 aliphatic carbocycles. The van der Waals surface area contributed by atoms with Crippen LogP contribution in [-0.2, 0) is 13.2 Å². The number of unbranched alkanes of at least 4 members (excludes halogenated alkanes) is 7. The van der Waals surface area contributed by atoms with Crippen LogP contribution in [0.4, 0.5) is 0 Å². The third-order valence-corrected chi connectivity index (χ3v) is 4.74. The van der Waals surface area contributed by atoms with Gasteiger partial charge in [-0.15, -0.1) is 0 Å². The maximum atomic E-state index is 12.2. The Bertz CT molecular complexity index is 737. The van der Waals surface area contributed by atoms with Gasteiger partial charge in [-0.05, 0) is 12.0 Å². The zero-order chi connectivity index (χ0) is 19.3. The van der Waals surface area contributed by atoms with Crippen molar-refractivity contribution < 1.29 is 9.53 Å². The molecule has 0 fully saturated rings. The van der Waals surface area contributed by atoms with Crippen molar-refractivity contribution in [3.8, 4) is 5.75 Å². The van der Waals surface area contributed by atoms with Gasteiger partial charge in [-0.2, -0.15) is 0 Å². The van der Waals surface area contributed by atoms with E-state index in [1.165, 1.54) is 44.6 Å². The van der Waals surface area contributed by atoms with Crippen molar-refractivity contribution in [1.29, 1.82) is 0 Å². The van der Waals surface area contributed by atoms with Crippen LogP contribution in [0.3, 0.4) is 0 Å². The van der Waals surface area contributed by atoms with Crippen LogP contribution in [0.1, 0.15) is 74.3 Å². The lowest BCUT2D eigenvalue weighted by Gasteiger charge is -2.13. The SMILES string of the molecule is CCCCCCCCCCn1cc(OCc2ccccc2)c(=O)cc1C=O. The molecule has 4 nitrogen and oxygen atoms in total. The van der Waals surface area contributed by atoms with E-state index >= 15 is 0 Å². The molecular weight excluding hydrogens is 338 g/mol. The number of aryl methyl sites for hydroxylation is 1. The van der Waals surface area contributed by atoms with E-state index in [4.69, 9.17) is 4.74 Å². The smallest absolute Gasteiger partial charge is 0.224 e. The summed E-state index contributed by atoms with van der Waals surface area (Å²) >= 11 is 0. The van der Waals surface area contributed by atoms with Crippen molar-refractivity contribution in [2.75, 3.05) is 0 Å². The molecule has 0 radical (unpaired) electrons. The van der Waals surface area contributed by atoms with Gasteiger partial charge in [0.2, 0.25) is 5.43 Å². The summed E-state index contributed by atoms with van der Waals surface area (Å²) in [5.74, 6) is 0.295. The number of carbonyl (C=O) groups is 1. The first kappa shape index (κ1) is 20.9. The Morgan fingerprint density at radius 1 is 0.963 bits per heavy atom. The minimum Gasteiger partial charge on any atom is -0.483 e. The number of aldehydes is 1. The normalized spacial score (nSPS) is 10.7. The van der Waals surface area contributed by atoms with Gasteiger partial charge in [-0.1, -0.05) is 82.2 Å². The first-order valence-corrected chi connectivity index (χ1v) is 10.1. The third kappa shape index (κ3) is 7.41. The van der Waals surface area contributed by atoms with E-state index in [1.54, 1.807) is 6.20 Å². The second-order valence-corrected chi connectivity index (χ2v) is 6.99. The molecule has 0 bridgehead atoms. The van der Waals surface area contributed by atoms with Crippen molar-refractivity contribution in [3.05, 3.63) is 64.1 Å². The molecule has 1 aromatic heterocycles. The molecule has 146 valence electrons. The molecule has 4 heteroatoms. The first-order chi connectivity index (χ1) is 13.2. The van der Waals surface area contributed by atoms with Crippen molar-refractivity contribution in [1.82, 2.24) is 4.57 Å². The monoisotopic (exact) mass is 369 g/mol. The summed E-state index contributed by atoms with van der Waals surface area (Å²) in [5, 5.41) is 0. The number of hydrogen-bond acceptors (Lipinski definition) is 3. The van der Waals surface area contributed by atoms with Crippen molar-refractivity contribution in [2.45, 2.75) is 71.4 Å². The summed E-state index contributed by atoms with van der Waals surface area (Å²) in [4.78, 5) is 23.5. The molecule has 0 saturated carbocycles. The van der Waals surface area contributed by atoms with E-state index in [-0.39, 0.29) is 5.43 Å². The second kappa shape index (κ2) is 12.1. The van der Waals surface area contributed by atoms with E-state index < -0.39 is 0 Å². The average molecular weight is 370 g/mol. The lowest BCUT2D eigenvalue weighted by atomic mass is 10.1. The molecule has 0 unspecified atom stereocenters. The number of pyridine rings is 1. The summed E-state index contributed by atoms with van der Waals surface area (Å²) in [5.41, 5.74) is 1.17. The molecule has 27 heavy (non-hydrogen) atoms. The van der Waals surface area contributed by atoms with E-state index in [0.717, 1.165) is 31.2 Å². The zero-order valence-electron chi connectivity index (χ0n) is 16.4. The van der Waals surface area contributed by atoms with Crippen molar-refractivity contribution in [2.24, 2.45) is 0 Å². The van der Waals surface area contributed by atoms with Crippen LogP contribution < -0.4 is 10.2 Å². The van der Waals surface area contributed by atoms with Gasteiger partial charge in [0.25, 0.3) is 0 Å². The van der Waals surface area contributed by atoms with E-state index in [9.17, 15) is 9.59 Å². The van der Waals surface area contributed by atoms with Gasteiger partial charge in [0.15, 0.2) is 12.0 Å². The predicted molar refractivity (Wildman–Crippen MR) is 109 cm³/mol. The van der Waals surface area contributed by atoms with E-state index in [1.807, 2.05) is 34.9 Å². The summed E-state index contributed by atoms with van der Waals surface area (Å²) in [7, 11) is 0. The molecule has 0 atom stereocenters. The largest absolute Gasteiger partial charge is 0.483 e. The third-order valence-electron chi connectivity index (χ3n) is 4.74. The van der Waals surface area contributed by atoms with Crippen LogP contribution in [0.5, 0.6) is 5.75 Å². The average Bonchev–Trinajstić information content (AvgIpc) is 2.70. The van der Waals surface area contributed by atoms with Gasteiger partial charge in [-0.3, -0.25) is 9.59 Å². The lowest BCUT2D eigenvalue weighted by Crippen LogP contribution is -2.15. The Morgan fingerprint density at radius 3 is 2.30 bits per heavy atom. The number of benzene rings is 1. The number of nitrogens with zero attached hydrogens (tertiary/aromatic N) is 1. The van der Waals surface area contributed by atoms with Gasteiger partial charge >= 0.3 is 0 Å². The number of rotatable bonds is 13. The molecule has 1 heterocycles. The van der Waals surface area contributed by atoms with Gasteiger partial charge in [-0.25, -0.2) is 0 Å². The van der Waals surface area contributed by atoms with Crippen LogP contribution in [0.2, 0.25) is 0 Å². The van der Waals surface area contributed by atoms with Gasteiger partial charge in [0.1, 0.15) is 6.61 Å². The molecular formula is C23H31NO3. The highest BCUT2D eigenvalue weighted by Crippen LogP contribution is 2.12. The highest BCUT2D eigenvalue weighted by Gasteiger charge is 2.08. The maximum absolute atomic E-state index is 12.2. The lowest BCUT2D eigenvalue weighted by molar-refractivity contribution is 0.111. The van der Waals surface area contributed by atoms with Gasteiger partial charge < -0.3 is 9.30 Å². The Morgan fingerprint density at radius 2 is 1.63 bits per heavy atom. The number of carbonyl (C=O) groups excluding carboxylic acids is 1. The summed E-state index contributed by atoms with van der Waals surface area (Å²) < 4.78 is 7.54.